The molecule has 0 atom stereocenters. The van der Waals surface area contributed by atoms with Crippen molar-refractivity contribution in [2.24, 2.45) is 0 Å². The van der Waals surface area contributed by atoms with E-state index in [0.29, 0.717) is 29.5 Å². The molecular weight excluding hydrogens is 275 g/mol. The van der Waals surface area contributed by atoms with Crippen molar-refractivity contribution in [1.82, 2.24) is 10.1 Å². The van der Waals surface area contributed by atoms with Crippen LogP contribution < -0.4 is 0 Å². The van der Waals surface area contributed by atoms with Crippen molar-refractivity contribution in [2.45, 2.75) is 6.61 Å². The summed E-state index contributed by atoms with van der Waals surface area (Å²) in [5.41, 5.74) is 0. The number of hydrogen-bond donors (Lipinski definition) is 0. The molecule has 5 nitrogen and oxygen atoms in total. The summed E-state index contributed by atoms with van der Waals surface area (Å²) in [5, 5.41) is 3.60. The van der Waals surface area contributed by atoms with Gasteiger partial charge in [-0.25, -0.2) is 0 Å². The Morgan fingerprint density at radius 2 is 2.33 bits per heavy atom. The molecule has 1 aromatic heterocycles. The van der Waals surface area contributed by atoms with Gasteiger partial charge in [-0.1, -0.05) is 5.16 Å². The molecule has 68 valence electrons. The second kappa shape index (κ2) is 5.44. The normalized spacial score (nSPS) is 10.5. The maximum atomic E-state index is 5.15. The number of rotatable bonds is 5. The van der Waals surface area contributed by atoms with Gasteiger partial charge in [-0.15, -0.1) is 0 Å². The third-order valence-corrected chi connectivity index (χ3v) is 1.54. The molecule has 0 bridgehead atoms. The van der Waals surface area contributed by atoms with E-state index in [4.69, 9.17) is 14.0 Å². The van der Waals surface area contributed by atoms with Crippen LogP contribution in [0.25, 0.3) is 0 Å². The summed E-state index contributed by atoms with van der Waals surface area (Å²) < 4.78 is 15.3. The molecule has 1 aromatic rings. The summed E-state index contributed by atoms with van der Waals surface area (Å²) >= 11 is 1.97. The van der Waals surface area contributed by atoms with Crippen molar-refractivity contribution in [1.29, 1.82) is 0 Å². The summed E-state index contributed by atoms with van der Waals surface area (Å²) in [4.78, 5) is 3.95. The molecule has 0 N–H and O–H groups in total. The highest BCUT2D eigenvalue weighted by Gasteiger charge is 2.01. The first kappa shape index (κ1) is 9.87. The van der Waals surface area contributed by atoms with E-state index in [1.165, 1.54) is 0 Å². The second-order valence-corrected chi connectivity index (χ2v) is 2.97. The summed E-state index contributed by atoms with van der Waals surface area (Å²) in [6, 6.07) is 0. The first-order valence-electron chi connectivity index (χ1n) is 3.37. The Labute approximate surface area is 83.6 Å². The Bertz CT molecular complexity index is 228. The Kier molecular flexibility index (Phi) is 4.48. The quantitative estimate of drug-likeness (QED) is 0.592. The van der Waals surface area contributed by atoms with Gasteiger partial charge in [-0.2, -0.15) is 4.98 Å². The van der Waals surface area contributed by atoms with Crippen LogP contribution in [0.2, 0.25) is 0 Å². The minimum atomic E-state index is 0.347. The van der Waals surface area contributed by atoms with Crippen molar-refractivity contribution < 1.29 is 14.0 Å². The van der Waals surface area contributed by atoms with E-state index in [9.17, 15) is 0 Å². The fourth-order valence-corrected chi connectivity index (χ4v) is 0.962. The van der Waals surface area contributed by atoms with E-state index in [1.54, 1.807) is 7.11 Å². The van der Waals surface area contributed by atoms with Gasteiger partial charge in [-0.3, -0.25) is 0 Å². The van der Waals surface area contributed by atoms with E-state index in [-0.39, 0.29) is 0 Å². The van der Waals surface area contributed by atoms with Crippen LogP contribution in [-0.4, -0.2) is 30.5 Å². The summed E-state index contributed by atoms with van der Waals surface area (Å²) in [5.74, 6) is 0.496. The van der Waals surface area contributed by atoms with Crippen molar-refractivity contribution in [3.8, 4) is 0 Å². The number of hydrogen-bond acceptors (Lipinski definition) is 5. The minimum absolute atomic E-state index is 0.347. The summed E-state index contributed by atoms with van der Waals surface area (Å²) in [6.07, 6.45) is 0. The van der Waals surface area contributed by atoms with Crippen molar-refractivity contribution in [3.05, 3.63) is 9.72 Å². The highest BCUT2D eigenvalue weighted by atomic mass is 127. The van der Waals surface area contributed by atoms with E-state index in [1.807, 2.05) is 22.6 Å². The van der Waals surface area contributed by atoms with Gasteiger partial charge in [0, 0.05) is 29.7 Å². The van der Waals surface area contributed by atoms with Gasteiger partial charge in [0.2, 0.25) is 3.83 Å². The molecule has 1 rings (SSSR count). The van der Waals surface area contributed by atoms with E-state index >= 15 is 0 Å². The van der Waals surface area contributed by atoms with Crippen LogP contribution in [0.4, 0.5) is 0 Å². The number of methoxy groups -OCH3 is 1. The van der Waals surface area contributed by atoms with Gasteiger partial charge in [-0.05, 0) is 0 Å². The highest BCUT2D eigenvalue weighted by Crippen LogP contribution is 2.00. The first-order valence-corrected chi connectivity index (χ1v) is 4.45. The molecule has 0 fully saturated rings. The largest absolute Gasteiger partial charge is 0.382 e. The molecule has 0 aliphatic heterocycles. The average Bonchev–Trinajstić information content (AvgIpc) is 2.45. The standard InChI is InChI=1S/C6H9IN2O3/c1-10-2-3-11-4-5-8-6(7)9-12-5/h2-4H2,1H3. The van der Waals surface area contributed by atoms with Gasteiger partial charge in [0.25, 0.3) is 5.89 Å². The maximum absolute atomic E-state index is 5.15. The maximum Gasteiger partial charge on any atom is 0.253 e. The zero-order valence-corrected chi connectivity index (χ0v) is 8.78. The van der Waals surface area contributed by atoms with Gasteiger partial charge in [0.05, 0.1) is 13.2 Å². The molecule has 0 saturated carbocycles. The van der Waals surface area contributed by atoms with Crippen molar-refractivity contribution in [2.75, 3.05) is 20.3 Å². The minimum Gasteiger partial charge on any atom is -0.382 e. The predicted molar refractivity (Wildman–Crippen MR) is 48.5 cm³/mol. The molecule has 0 spiro atoms. The van der Waals surface area contributed by atoms with Crippen LogP contribution >= 0.6 is 22.6 Å². The number of ether oxygens (including phenoxy) is 2. The molecular formula is C6H9IN2O3. The lowest BCUT2D eigenvalue weighted by atomic mass is 10.7. The molecule has 0 amide bonds. The Morgan fingerprint density at radius 1 is 1.50 bits per heavy atom. The Balaban J connectivity index is 2.15. The third-order valence-electron chi connectivity index (χ3n) is 1.10. The van der Waals surface area contributed by atoms with Crippen molar-refractivity contribution in [3.63, 3.8) is 0 Å². The molecule has 1 heterocycles. The van der Waals surface area contributed by atoms with Crippen LogP contribution in [0.1, 0.15) is 5.89 Å². The topological polar surface area (TPSA) is 57.4 Å². The third kappa shape index (κ3) is 3.46. The summed E-state index contributed by atoms with van der Waals surface area (Å²) in [6.45, 7) is 1.46. The average molecular weight is 284 g/mol. The van der Waals surface area contributed by atoms with Crippen LogP contribution in [0.15, 0.2) is 4.52 Å². The van der Waals surface area contributed by atoms with Gasteiger partial charge >= 0.3 is 0 Å². The monoisotopic (exact) mass is 284 g/mol. The molecule has 0 saturated heterocycles. The molecule has 12 heavy (non-hydrogen) atoms. The zero-order valence-electron chi connectivity index (χ0n) is 6.62. The zero-order chi connectivity index (χ0) is 8.81. The van der Waals surface area contributed by atoms with Crippen LogP contribution in [0, 0.1) is 3.83 Å². The van der Waals surface area contributed by atoms with E-state index in [0.717, 1.165) is 0 Å². The van der Waals surface area contributed by atoms with Gasteiger partial charge < -0.3 is 14.0 Å². The molecule has 0 aromatic carbocycles. The molecule has 0 unspecified atom stereocenters. The van der Waals surface area contributed by atoms with E-state index in [2.05, 4.69) is 10.1 Å². The van der Waals surface area contributed by atoms with Gasteiger partial charge in [0.15, 0.2) is 0 Å². The van der Waals surface area contributed by atoms with Crippen LogP contribution in [-0.2, 0) is 16.1 Å². The smallest absolute Gasteiger partial charge is 0.253 e. The molecule has 0 aliphatic carbocycles. The lowest BCUT2D eigenvalue weighted by Crippen LogP contribution is -2.01. The first-order chi connectivity index (χ1) is 5.83. The number of aromatic nitrogens is 2. The Hall–Kier alpha value is -0.210. The predicted octanol–water partition coefficient (Wildman–Crippen LogP) is 0.837. The SMILES string of the molecule is COCCOCc1nc(I)no1. The lowest BCUT2D eigenvalue weighted by Gasteiger charge is -1.97. The number of halogens is 1. The van der Waals surface area contributed by atoms with Gasteiger partial charge in [0.1, 0.15) is 6.61 Å². The van der Waals surface area contributed by atoms with Crippen LogP contribution in [0.5, 0.6) is 0 Å². The lowest BCUT2D eigenvalue weighted by molar-refractivity contribution is 0.0494. The molecule has 6 heteroatoms. The number of nitrogens with zero attached hydrogens (tertiary/aromatic N) is 2. The molecule has 0 radical (unpaired) electrons. The van der Waals surface area contributed by atoms with E-state index < -0.39 is 0 Å². The van der Waals surface area contributed by atoms with Crippen LogP contribution in [0.3, 0.4) is 0 Å². The fraction of sp³-hybridized carbons (Fsp3) is 0.667. The second-order valence-electron chi connectivity index (χ2n) is 2.00. The summed E-state index contributed by atoms with van der Waals surface area (Å²) in [7, 11) is 1.62. The Morgan fingerprint density at radius 3 is 2.92 bits per heavy atom. The van der Waals surface area contributed by atoms with Crippen molar-refractivity contribution >= 4 is 22.6 Å². The highest BCUT2D eigenvalue weighted by molar-refractivity contribution is 14.1. The molecule has 0 aliphatic rings. The fourth-order valence-electron chi connectivity index (χ4n) is 0.594.